The summed E-state index contributed by atoms with van der Waals surface area (Å²) in [6.07, 6.45) is 2.64. The van der Waals surface area contributed by atoms with Crippen molar-refractivity contribution in [2.45, 2.75) is 19.4 Å². The van der Waals surface area contributed by atoms with Gasteiger partial charge in [-0.1, -0.05) is 39.6 Å². The Labute approximate surface area is 162 Å². The van der Waals surface area contributed by atoms with Gasteiger partial charge in [0.05, 0.1) is 10.0 Å². The Morgan fingerprint density at radius 3 is 2.85 bits per heavy atom. The smallest absolute Gasteiger partial charge is 0.281 e. The lowest BCUT2D eigenvalue weighted by Gasteiger charge is -2.01. The fourth-order valence-corrected chi connectivity index (χ4v) is 2.97. The second-order valence-corrected chi connectivity index (χ2v) is 6.73. The van der Waals surface area contributed by atoms with Gasteiger partial charge in [0.2, 0.25) is 11.5 Å². The predicted molar refractivity (Wildman–Crippen MR) is 97.8 cm³/mol. The van der Waals surface area contributed by atoms with E-state index in [-0.39, 0.29) is 12.1 Å². The summed E-state index contributed by atoms with van der Waals surface area (Å²) in [4.78, 5) is 20.9. The molecule has 0 N–H and O–H groups in total. The van der Waals surface area contributed by atoms with Gasteiger partial charge in [-0.25, -0.2) is 9.67 Å². The van der Waals surface area contributed by atoms with E-state index in [1.54, 1.807) is 13.1 Å². The number of aromatic nitrogens is 7. The summed E-state index contributed by atoms with van der Waals surface area (Å²) in [6, 6.07) is 5.47. The second kappa shape index (κ2) is 7.09. The van der Waals surface area contributed by atoms with E-state index in [1.165, 1.54) is 15.6 Å². The molecule has 1 aromatic carbocycles. The molecule has 4 aromatic rings. The minimum Gasteiger partial charge on any atom is -0.337 e. The normalized spacial score (nSPS) is 11.4. The summed E-state index contributed by atoms with van der Waals surface area (Å²) in [5.74, 6) is 0.859. The monoisotopic (exact) mass is 405 g/mol. The Hall–Kier alpha value is -2.78. The fourth-order valence-electron chi connectivity index (χ4n) is 2.65. The van der Waals surface area contributed by atoms with Gasteiger partial charge in [-0.15, -0.1) is 5.10 Å². The van der Waals surface area contributed by atoms with Gasteiger partial charge in [-0.3, -0.25) is 9.36 Å². The van der Waals surface area contributed by atoms with Crippen LogP contribution in [0.4, 0.5) is 0 Å². The summed E-state index contributed by atoms with van der Waals surface area (Å²) in [5, 5.41) is 12.6. The molecule has 3 aromatic heterocycles. The number of halogens is 2. The molecule has 138 valence electrons. The zero-order chi connectivity index (χ0) is 19.0. The van der Waals surface area contributed by atoms with Gasteiger partial charge in [0.1, 0.15) is 12.9 Å². The zero-order valence-corrected chi connectivity index (χ0v) is 15.6. The summed E-state index contributed by atoms with van der Waals surface area (Å²) < 4.78 is 8.01. The lowest BCUT2D eigenvalue weighted by Crippen LogP contribution is -2.22. The summed E-state index contributed by atoms with van der Waals surface area (Å²) >= 11 is 11.9. The number of rotatable bonds is 5. The molecule has 3 heterocycles. The molecule has 27 heavy (non-hydrogen) atoms. The number of hydrogen-bond acceptors (Lipinski definition) is 7. The molecule has 0 aliphatic carbocycles. The molecule has 0 bridgehead atoms. The van der Waals surface area contributed by atoms with Crippen molar-refractivity contribution in [1.82, 2.24) is 34.7 Å². The van der Waals surface area contributed by atoms with Crippen LogP contribution in [0.1, 0.15) is 17.3 Å². The first-order chi connectivity index (χ1) is 13.0. The highest BCUT2D eigenvalue weighted by Crippen LogP contribution is 2.23. The fraction of sp³-hybridized carbons (Fsp3) is 0.250. The first-order valence-electron chi connectivity index (χ1n) is 8.01. The minimum absolute atomic E-state index is 0.118. The molecule has 0 fully saturated rings. The molecule has 9 nitrogen and oxygen atoms in total. The van der Waals surface area contributed by atoms with Crippen LogP contribution in [0.15, 0.2) is 33.8 Å². The van der Waals surface area contributed by atoms with Crippen LogP contribution < -0.4 is 5.56 Å². The molecule has 0 aliphatic heterocycles. The highest BCUT2D eigenvalue weighted by atomic mass is 35.5. The van der Waals surface area contributed by atoms with Crippen LogP contribution in [-0.4, -0.2) is 34.7 Å². The quantitative estimate of drug-likeness (QED) is 0.500. The predicted octanol–water partition coefficient (Wildman–Crippen LogP) is 2.05. The van der Waals surface area contributed by atoms with Crippen LogP contribution in [-0.2, 0) is 26.4 Å². The summed E-state index contributed by atoms with van der Waals surface area (Å²) in [7, 11) is 1.64. The van der Waals surface area contributed by atoms with Crippen LogP contribution in [0.2, 0.25) is 10.0 Å². The lowest BCUT2D eigenvalue weighted by atomic mass is 10.1. The Balaban J connectivity index is 1.48. The number of hydrogen-bond donors (Lipinski definition) is 0. The number of aryl methyl sites for hydroxylation is 3. The number of nitrogens with zero attached hydrogens (tertiary/aromatic N) is 7. The number of fused-ring (bicyclic) bond motifs is 1. The van der Waals surface area contributed by atoms with Gasteiger partial charge in [-0.05, 0) is 24.1 Å². The number of benzene rings is 1. The van der Waals surface area contributed by atoms with Crippen LogP contribution in [0, 0.1) is 0 Å². The van der Waals surface area contributed by atoms with Gasteiger partial charge >= 0.3 is 0 Å². The average Bonchev–Trinajstić information content (AvgIpc) is 3.25. The van der Waals surface area contributed by atoms with E-state index >= 15 is 0 Å². The van der Waals surface area contributed by atoms with Crippen molar-refractivity contribution in [1.29, 1.82) is 0 Å². The molecular formula is C16H13Cl2N7O2. The average molecular weight is 406 g/mol. The van der Waals surface area contributed by atoms with E-state index in [2.05, 4.69) is 25.4 Å². The van der Waals surface area contributed by atoms with E-state index in [4.69, 9.17) is 27.7 Å². The third-order valence-corrected chi connectivity index (χ3v) is 4.77. The molecule has 4 rings (SSSR count). The van der Waals surface area contributed by atoms with E-state index < -0.39 is 0 Å². The van der Waals surface area contributed by atoms with Crippen LogP contribution in [0.3, 0.4) is 0 Å². The highest BCUT2D eigenvalue weighted by Gasteiger charge is 2.13. The van der Waals surface area contributed by atoms with Gasteiger partial charge in [0.25, 0.3) is 5.56 Å². The molecule has 0 saturated carbocycles. The van der Waals surface area contributed by atoms with Crippen molar-refractivity contribution in [2.75, 3.05) is 0 Å². The molecule has 0 saturated heterocycles. The summed E-state index contributed by atoms with van der Waals surface area (Å²) in [6.45, 7) is 0.118. The van der Waals surface area contributed by atoms with Crippen LogP contribution >= 0.6 is 23.2 Å². The van der Waals surface area contributed by atoms with Crippen LogP contribution in [0.25, 0.3) is 11.2 Å². The van der Waals surface area contributed by atoms with Crippen molar-refractivity contribution in [2.24, 2.45) is 7.05 Å². The standard InChI is InChI=1S/C16H13Cl2N7O2/c1-24-14-15(21-23-24)19-8-25(16(14)26)7-13-20-12(22-27-13)5-3-9-2-4-10(17)11(18)6-9/h2,4,6,8H,3,5,7H2,1H3. The van der Waals surface area contributed by atoms with Gasteiger partial charge in [-0.2, -0.15) is 4.98 Å². The SMILES string of the molecule is Cn1nnc2ncn(Cc3nc(CCc4ccc(Cl)c(Cl)c4)no3)c(=O)c21. The second-order valence-electron chi connectivity index (χ2n) is 5.92. The first kappa shape index (κ1) is 17.6. The largest absolute Gasteiger partial charge is 0.337 e. The molecule has 0 amide bonds. The van der Waals surface area contributed by atoms with E-state index in [1.807, 2.05) is 12.1 Å². The van der Waals surface area contributed by atoms with E-state index in [0.29, 0.717) is 45.8 Å². The third kappa shape index (κ3) is 3.56. The molecule has 11 heteroatoms. The molecule has 0 unspecified atom stereocenters. The summed E-state index contributed by atoms with van der Waals surface area (Å²) in [5.41, 5.74) is 1.36. The molecule has 0 aliphatic rings. The topological polar surface area (TPSA) is 105 Å². The van der Waals surface area contributed by atoms with Crippen molar-refractivity contribution in [3.63, 3.8) is 0 Å². The van der Waals surface area contributed by atoms with Gasteiger partial charge < -0.3 is 4.52 Å². The molecule has 0 atom stereocenters. The highest BCUT2D eigenvalue weighted by molar-refractivity contribution is 6.42. The lowest BCUT2D eigenvalue weighted by molar-refractivity contribution is 0.364. The van der Waals surface area contributed by atoms with E-state index in [9.17, 15) is 4.79 Å². The van der Waals surface area contributed by atoms with Crippen molar-refractivity contribution < 1.29 is 4.52 Å². The minimum atomic E-state index is -0.275. The zero-order valence-electron chi connectivity index (χ0n) is 14.1. The van der Waals surface area contributed by atoms with E-state index in [0.717, 1.165) is 5.56 Å². The third-order valence-electron chi connectivity index (χ3n) is 4.03. The van der Waals surface area contributed by atoms with Crippen molar-refractivity contribution in [3.05, 3.63) is 62.2 Å². The van der Waals surface area contributed by atoms with Crippen molar-refractivity contribution in [3.8, 4) is 0 Å². The Bertz CT molecular complexity index is 1180. The van der Waals surface area contributed by atoms with Crippen LogP contribution in [0.5, 0.6) is 0 Å². The van der Waals surface area contributed by atoms with Gasteiger partial charge in [0, 0.05) is 13.5 Å². The Kier molecular flexibility index (Phi) is 4.63. The maximum Gasteiger partial charge on any atom is 0.281 e. The molecule has 0 spiro atoms. The van der Waals surface area contributed by atoms with Gasteiger partial charge in [0.15, 0.2) is 11.3 Å². The molecule has 0 radical (unpaired) electrons. The maximum absolute atomic E-state index is 12.5. The Morgan fingerprint density at radius 1 is 1.19 bits per heavy atom. The maximum atomic E-state index is 12.5. The van der Waals surface area contributed by atoms with Crippen molar-refractivity contribution >= 4 is 34.4 Å². The first-order valence-corrected chi connectivity index (χ1v) is 8.77. The Morgan fingerprint density at radius 2 is 2.04 bits per heavy atom. The molecular weight excluding hydrogens is 393 g/mol.